The lowest BCUT2D eigenvalue weighted by Gasteiger charge is -2.28. The summed E-state index contributed by atoms with van der Waals surface area (Å²) in [5, 5.41) is 33.4. The molecule has 1 aromatic rings. The topological polar surface area (TPSA) is 207 Å². The number of hydrogen-bond acceptors (Lipinski definition) is 15. The van der Waals surface area contributed by atoms with E-state index in [9.17, 15) is 13.2 Å². The molecule has 9 N–H and O–H groups in total. The van der Waals surface area contributed by atoms with Crippen LogP contribution in [0.3, 0.4) is 0 Å². The number of hydrogen-bond donors (Lipinski definition) is 9. The van der Waals surface area contributed by atoms with Crippen molar-refractivity contribution < 1.29 is 27.4 Å². The summed E-state index contributed by atoms with van der Waals surface area (Å²) >= 11 is 5.42. The lowest BCUT2D eigenvalue weighted by Crippen LogP contribution is -2.42. The number of likely N-dealkylation sites (tertiary alicyclic amines) is 1. The number of methoxy groups -OCH3 is 1. The Morgan fingerprint density at radius 1 is 0.654 bits per heavy atom. The van der Waals surface area contributed by atoms with E-state index in [1.807, 2.05) is 11.0 Å². The molecule has 17 nitrogen and oxygen atoms in total. The molecule has 0 aliphatic carbocycles. The summed E-state index contributed by atoms with van der Waals surface area (Å²) in [5.41, 5.74) is 1.14. The number of sulfone groups is 1. The van der Waals surface area contributed by atoms with Gasteiger partial charge in [0.05, 0.1) is 31.3 Å². The molecule has 1 amide bonds. The Morgan fingerprint density at radius 3 is 1.46 bits per heavy atom. The van der Waals surface area contributed by atoms with Crippen molar-refractivity contribution in [1.29, 1.82) is 0 Å². The quantitative estimate of drug-likeness (QED) is 0.0302. The van der Waals surface area contributed by atoms with Gasteiger partial charge in [0.15, 0.2) is 9.84 Å². The molecule has 0 bridgehead atoms. The van der Waals surface area contributed by atoms with Gasteiger partial charge in [-0.05, 0) is 150 Å². The van der Waals surface area contributed by atoms with Gasteiger partial charge in [0.25, 0.3) is 0 Å². The van der Waals surface area contributed by atoms with Crippen molar-refractivity contribution in [2.24, 2.45) is 53.3 Å². The number of carbonyl (C=O) groups excluding carboxylic acids is 1. The van der Waals surface area contributed by atoms with Crippen LogP contribution < -0.4 is 42.5 Å². The number of aromatic amines is 1. The second-order valence-electron chi connectivity index (χ2n) is 26.0. The molecule has 0 saturated carbocycles. The molecule has 0 radical (unpaired) electrons. The van der Waals surface area contributed by atoms with Crippen molar-refractivity contribution in [1.82, 2.24) is 57.6 Å². The summed E-state index contributed by atoms with van der Waals surface area (Å²) in [4.78, 5) is 12.9. The lowest BCUT2D eigenvalue weighted by atomic mass is 9.93. The van der Waals surface area contributed by atoms with Crippen LogP contribution in [0.2, 0.25) is 0 Å². The maximum absolute atomic E-state index is 11.0. The molecule has 484 valence electrons. The first-order valence-corrected chi connectivity index (χ1v) is 34.0. The van der Waals surface area contributed by atoms with Crippen molar-refractivity contribution in [2.75, 3.05) is 143 Å². The van der Waals surface area contributed by atoms with Crippen LogP contribution in [0.25, 0.3) is 0 Å². The number of halogens is 1. The zero-order valence-electron chi connectivity index (χ0n) is 55.4. The van der Waals surface area contributed by atoms with Gasteiger partial charge in [-0.1, -0.05) is 111 Å². The average Bonchev–Trinajstić information content (AvgIpc) is 4.25. The molecule has 6 rings (SSSR count). The summed E-state index contributed by atoms with van der Waals surface area (Å²) in [5.74, 6) is 8.46. The van der Waals surface area contributed by atoms with Gasteiger partial charge in [0, 0.05) is 102 Å². The predicted molar refractivity (Wildman–Crippen MR) is 346 cm³/mol. The lowest BCUT2D eigenvalue weighted by molar-refractivity contribution is -0.127. The molecular formula is C62H132ClN11O6S. The Morgan fingerprint density at radius 2 is 1.12 bits per heavy atom. The van der Waals surface area contributed by atoms with Crippen LogP contribution in [-0.4, -0.2) is 196 Å². The third kappa shape index (κ3) is 56.1. The standard InChI is InChI=1S/C10H20N2O.C8H15N3.C8H17NO2S.2C8H17NO.C7H17NO.C7H15N.C6H14ClN/c1-8(2)6-11-10-4-5-12(7-10)9(3)13;1-7(2)5-9-6-8-3-4-10-11-8;1-7(2)5-9-8-3-4-12(10,11)6-8;2*1-7(2)5-9-8-3-4-10-6-8;1-7(2)6-8-4-5-9-3;1-6(2)3-7-4-8-5-7;1-6(2)5-8-4-3-7/h8,10-11H,4-7H2,1-3H3;3-4,7,9H,5-6H2,1-2H3,(H,10,11);7-9H,3-6H2,1-2H3;2*7-9H,3-6H2,1-2H3;7-8H,4-6H2,1-3H3;6-8H,3-5H2,1-2H3;6,8H,3-5H2,1-2H3/t10-;;3*8-;;;/m0.110.../s1. The summed E-state index contributed by atoms with van der Waals surface area (Å²) in [6, 6.07) is 3.96. The average molecular weight is 1200 g/mol. The molecule has 5 fully saturated rings. The number of ether oxygens (including phenoxy) is 3. The highest BCUT2D eigenvalue weighted by molar-refractivity contribution is 7.91. The first-order chi connectivity index (χ1) is 38.3. The Balaban J connectivity index is 0. The third-order valence-electron chi connectivity index (χ3n) is 12.9. The second kappa shape index (κ2) is 52.8. The summed E-state index contributed by atoms with van der Waals surface area (Å²) in [7, 11) is -0.987. The molecule has 0 spiro atoms. The molecule has 5 saturated heterocycles. The van der Waals surface area contributed by atoms with Crippen molar-refractivity contribution in [2.45, 2.75) is 181 Å². The number of aromatic nitrogens is 2. The van der Waals surface area contributed by atoms with Crippen LogP contribution in [0.4, 0.5) is 0 Å². The minimum atomic E-state index is -2.71. The Labute approximate surface area is 504 Å². The second-order valence-corrected chi connectivity index (χ2v) is 28.6. The number of amides is 1. The molecule has 19 heteroatoms. The van der Waals surface area contributed by atoms with Crippen LogP contribution in [0.15, 0.2) is 12.3 Å². The first-order valence-electron chi connectivity index (χ1n) is 31.7. The highest BCUT2D eigenvalue weighted by Crippen LogP contribution is 2.15. The van der Waals surface area contributed by atoms with E-state index in [0.717, 1.165) is 166 Å². The van der Waals surface area contributed by atoms with Crippen LogP contribution in [0.1, 0.15) is 156 Å². The number of alkyl halides is 1. The van der Waals surface area contributed by atoms with Gasteiger partial charge >= 0.3 is 0 Å². The Hall–Kier alpha value is -1.52. The minimum absolute atomic E-state index is 0.203. The van der Waals surface area contributed by atoms with Gasteiger partial charge in [-0.2, -0.15) is 5.10 Å². The van der Waals surface area contributed by atoms with E-state index in [1.54, 1.807) is 20.2 Å². The zero-order chi connectivity index (χ0) is 61.4. The smallest absolute Gasteiger partial charge is 0.219 e. The van der Waals surface area contributed by atoms with E-state index in [1.165, 1.54) is 32.4 Å². The third-order valence-corrected chi connectivity index (χ3v) is 14.9. The van der Waals surface area contributed by atoms with Crippen molar-refractivity contribution in [3.63, 3.8) is 0 Å². The number of H-pyrrole nitrogens is 1. The number of nitrogens with one attached hydrogen (secondary N) is 9. The van der Waals surface area contributed by atoms with Crippen LogP contribution >= 0.6 is 11.6 Å². The van der Waals surface area contributed by atoms with Crippen molar-refractivity contribution in [3.05, 3.63) is 18.0 Å². The summed E-state index contributed by atoms with van der Waals surface area (Å²) in [6.45, 7) is 56.0. The van der Waals surface area contributed by atoms with E-state index < -0.39 is 9.84 Å². The van der Waals surface area contributed by atoms with E-state index in [4.69, 9.17) is 25.8 Å². The molecule has 6 heterocycles. The molecule has 5 aliphatic heterocycles. The monoisotopic (exact) mass is 1190 g/mol. The van der Waals surface area contributed by atoms with Crippen LogP contribution in [0, 0.1) is 53.3 Å². The van der Waals surface area contributed by atoms with E-state index in [-0.39, 0.29) is 11.9 Å². The maximum Gasteiger partial charge on any atom is 0.219 e. The fourth-order valence-electron chi connectivity index (χ4n) is 8.25. The number of carbonyl (C=O) groups is 1. The number of rotatable bonds is 27. The van der Waals surface area contributed by atoms with E-state index >= 15 is 0 Å². The SMILES string of the molecule is CC(=O)N1CC[C@H](NCC(C)C)C1.CC(C)CC1CNC1.CC(C)CNCCCl.CC(C)CNCc1ccn[nH]1.CC(C)CN[C@@H]1CCOC1.CC(C)CN[C@@H]1CCS(=O)(=O)C1.CC(C)CN[C@H]1CCOC1.COCCNCC(C)C. The zero-order valence-corrected chi connectivity index (χ0v) is 57.0. The molecule has 81 heavy (non-hydrogen) atoms. The normalized spacial score (nSPS) is 20.1. The van der Waals surface area contributed by atoms with Gasteiger partial charge in [0.2, 0.25) is 5.91 Å². The van der Waals surface area contributed by atoms with Gasteiger partial charge in [-0.15, -0.1) is 11.6 Å². The molecule has 0 aromatic carbocycles. The highest BCUT2D eigenvalue weighted by Gasteiger charge is 2.27. The van der Waals surface area contributed by atoms with E-state index in [2.05, 4.69) is 164 Å². The highest BCUT2D eigenvalue weighted by atomic mass is 35.5. The van der Waals surface area contributed by atoms with Gasteiger partial charge < -0.3 is 61.6 Å². The predicted octanol–water partition coefficient (Wildman–Crippen LogP) is 8.07. The first kappa shape index (κ1) is 81.5. The molecule has 1 aromatic heterocycles. The molecular weight excluding hydrogens is 1060 g/mol. The van der Waals surface area contributed by atoms with Gasteiger partial charge in [-0.25, -0.2) is 8.42 Å². The molecule has 4 atom stereocenters. The Kier molecular flexibility index (Phi) is 53.1. The van der Waals surface area contributed by atoms with Crippen molar-refractivity contribution >= 4 is 27.3 Å². The molecule has 5 aliphatic rings. The van der Waals surface area contributed by atoms with E-state index in [0.29, 0.717) is 53.3 Å². The van der Waals surface area contributed by atoms with Crippen LogP contribution in [-0.2, 0) is 35.4 Å². The molecule has 0 unspecified atom stereocenters. The summed E-state index contributed by atoms with van der Waals surface area (Å²) < 4.78 is 37.4. The van der Waals surface area contributed by atoms with Gasteiger partial charge in [0.1, 0.15) is 0 Å². The maximum atomic E-state index is 11.0. The van der Waals surface area contributed by atoms with Crippen LogP contribution in [0.5, 0.6) is 0 Å². The number of nitrogens with zero attached hydrogens (tertiary/aromatic N) is 2. The fraction of sp³-hybridized carbons (Fsp3) is 0.935. The summed E-state index contributed by atoms with van der Waals surface area (Å²) in [6.07, 6.45) is 7.44. The largest absolute Gasteiger partial charge is 0.383 e. The van der Waals surface area contributed by atoms with Gasteiger partial charge in [-0.3, -0.25) is 9.89 Å². The van der Waals surface area contributed by atoms with Crippen molar-refractivity contribution in [3.8, 4) is 0 Å². The fourth-order valence-corrected chi connectivity index (χ4v) is 10.1. The minimum Gasteiger partial charge on any atom is -0.383 e. The Bertz CT molecular complexity index is 1590.